The normalized spacial score (nSPS) is 23.1. The number of aryl methyl sites for hydroxylation is 2. The number of hydrogen-bond acceptors (Lipinski definition) is 3. The molecule has 1 aliphatic rings. The average Bonchev–Trinajstić information content (AvgIpc) is 2.93. The summed E-state index contributed by atoms with van der Waals surface area (Å²) in [5.41, 5.74) is 1.11. The fourth-order valence-electron chi connectivity index (χ4n) is 2.80. The lowest BCUT2D eigenvalue weighted by Gasteiger charge is -2.31. The third-order valence-corrected chi connectivity index (χ3v) is 3.98. The zero-order valence-corrected chi connectivity index (χ0v) is 13.1. The Hall–Kier alpha value is -1.29. The quantitative estimate of drug-likeness (QED) is 0.925. The standard InChI is InChI=1S/C16H25NO3/c1-10-8-13(20-11(10)2)15(18)17-9-12-6-7-19-14(12)16(3,4)5/h8,12,14H,6-7,9H2,1-5H3,(H,17,18)/t12-,14+/m1/s1. The van der Waals surface area contributed by atoms with Gasteiger partial charge in [-0.1, -0.05) is 20.8 Å². The first kappa shape index (κ1) is 15.1. The first-order valence-electron chi connectivity index (χ1n) is 7.26. The van der Waals surface area contributed by atoms with E-state index in [0.717, 1.165) is 24.4 Å². The van der Waals surface area contributed by atoms with Gasteiger partial charge in [-0.25, -0.2) is 0 Å². The van der Waals surface area contributed by atoms with Crippen molar-refractivity contribution >= 4 is 5.91 Å². The minimum absolute atomic E-state index is 0.101. The van der Waals surface area contributed by atoms with E-state index >= 15 is 0 Å². The maximum Gasteiger partial charge on any atom is 0.287 e. The summed E-state index contributed by atoms with van der Waals surface area (Å²) in [6.45, 7) is 11.8. The lowest BCUT2D eigenvalue weighted by atomic mass is 9.81. The predicted molar refractivity (Wildman–Crippen MR) is 77.8 cm³/mol. The summed E-state index contributed by atoms with van der Waals surface area (Å²) in [5, 5.41) is 2.97. The topological polar surface area (TPSA) is 51.5 Å². The molecule has 0 unspecified atom stereocenters. The SMILES string of the molecule is Cc1cc(C(=O)NC[C@H]2CCO[C@@H]2C(C)(C)C)oc1C. The molecule has 20 heavy (non-hydrogen) atoms. The number of ether oxygens (including phenoxy) is 1. The highest BCUT2D eigenvalue weighted by atomic mass is 16.5. The molecule has 0 spiro atoms. The number of nitrogens with one attached hydrogen (secondary N) is 1. The summed E-state index contributed by atoms with van der Waals surface area (Å²) < 4.78 is 11.3. The van der Waals surface area contributed by atoms with Gasteiger partial charge in [0.1, 0.15) is 5.76 Å². The van der Waals surface area contributed by atoms with Crippen LogP contribution in [0.3, 0.4) is 0 Å². The summed E-state index contributed by atoms with van der Waals surface area (Å²) in [5.74, 6) is 1.43. The smallest absolute Gasteiger partial charge is 0.287 e. The molecule has 2 rings (SSSR count). The first-order chi connectivity index (χ1) is 9.29. The van der Waals surface area contributed by atoms with E-state index in [-0.39, 0.29) is 17.4 Å². The van der Waals surface area contributed by atoms with Crippen molar-refractivity contribution in [3.05, 3.63) is 23.2 Å². The van der Waals surface area contributed by atoms with Crippen molar-refractivity contribution in [2.75, 3.05) is 13.2 Å². The molecule has 1 N–H and O–H groups in total. The van der Waals surface area contributed by atoms with Crippen molar-refractivity contribution in [2.45, 2.75) is 47.1 Å². The number of furan rings is 1. The summed E-state index contributed by atoms with van der Waals surface area (Å²) in [6.07, 6.45) is 1.20. The van der Waals surface area contributed by atoms with Gasteiger partial charge in [0.15, 0.2) is 5.76 Å². The minimum Gasteiger partial charge on any atom is -0.456 e. The highest BCUT2D eigenvalue weighted by Crippen LogP contribution is 2.34. The average molecular weight is 279 g/mol. The van der Waals surface area contributed by atoms with Gasteiger partial charge in [0.2, 0.25) is 0 Å². The molecule has 112 valence electrons. The third-order valence-electron chi connectivity index (χ3n) is 3.98. The third kappa shape index (κ3) is 3.23. The van der Waals surface area contributed by atoms with E-state index < -0.39 is 0 Å². The Labute approximate surface area is 120 Å². The van der Waals surface area contributed by atoms with E-state index in [4.69, 9.17) is 9.15 Å². The molecule has 0 saturated carbocycles. The van der Waals surface area contributed by atoms with Gasteiger partial charge in [-0.15, -0.1) is 0 Å². The molecule has 1 fully saturated rings. The fourth-order valence-corrected chi connectivity index (χ4v) is 2.80. The minimum atomic E-state index is -0.138. The molecule has 0 radical (unpaired) electrons. The Bertz CT molecular complexity index is 465. The first-order valence-corrected chi connectivity index (χ1v) is 7.26. The van der Waals surface area contributed by atoms with Crippen LogP contribution in [0.25, 0.3) is 0 Å². The molecule has 0 bridgehead atoms. The van der Waals surface area contributed by atoms with E-state index in [9.17, 15) is 4.79 Å². The van der Waals surface area contributed by atoms with Crippen molar-refractivity contribution in [3.63, 3.8) is 0 Å². The molecule has 4 heteroatoms. The van der Waals surface area contributed by atoms with E-state index in [1.54, 1.807) is 6.07 Å². The van der Waals surface area contributed by atoms with Crippen molar-refractivity contribution < 1.29 is 13.9 Å². The van der Waals surface area contributed by atoms with Gasteiger partial charge >= 0.3 is 0 Å². The highest BCUT2D eigenvalue weighted by molar-refractivity contribution is 5.91. The van der Waals surface area contributed by atoms with Crippen LogP contribution in [0.4, 0.5) is 0 Å². The van der Waals surface area contributed by atoms with Crippen LogP contribution < -0.4 is 5.32 Å². The van der Waals surface area contributed by atoms with E-state index in [2.05, 4.69) is 26.1 Å². The number of carbonyl (C=O) groups is 1. The van der Waals surface area contributed by atoms with Crippen molar-refractivity contribution in [1.82, 2.24) is 5.32 Å². The number of rotatable bonds is 3. The van der Waals surface area contributed by atoms with Crippen LogP contribution in [0.15, 0.2) is 10.5 Å². The van der Waals surface area contributed by atoms with Crippen molar-refractivity contribution in [3.8, 4) is 0 Å². The highest BCUT2D eigenvalue weighted by Gasteiger charge is 2.37. The van der Waals surface area contributed by atoms with Crippen LogP contribution >= 0.6 is 0 Å². The molecule has 1 aromatic heterocycles. The summed E-state index contributed by atoms with van der Waals surface area (Å²) in [7, 11) is 0. The second kappa shape index (κ2) is 5.60. The number of hydrogen-bond donors (Lipinski definition) is 1. The molecule has 2 atom stereocenters. The van der Waals surface area contributed by atoms with Crippen LogP contribution in [0, 0.1) is 25.2 Å². The molecular formula is C16H25NO3. The molecule has 4 nitrogen and oxygen atoms in total. The van der Waals surface area contributed by atoms with E-state index in [1.165, 1.54) is 0 Å². The van der Waals surface area contributed by atoms with Crippen LogP contribution in [-0.2, 0) is 4.74 Å². The van der Waals surface area contributed by atoms with E-state index in [0.29, 0.717) is 18.2 Å². The molecule has 1 aliphatic heterocycles. The number of carbonyl (C=O) groups excluding carboxylic acids is 1. The van der Waals surface area contributed by atoms with Crippen molar-refractivity contribution in [1.29, 1.82) is 0 Å². The largest absolute Gasteiger partial charge is 0.456 e. The monoisotopic (exact) mass is 279 g/mol. The van der Waals surface area contributed by atoms with Crippen LogP contribution in [-0.4, -0.2) is 25.2 Å². The molecule has 0 aliphatic carbocycles. The Balaban J connectivity index is 1.93. The summed E-state index contributed by atoms with van der Waals surface area (Å²) in [4.78, 5) is 12.1. The second-order valence-corrected chi connectivity index (χ2v) is 6.77. The lowest BCUT2D eigenvalue weighted by Crippen LogP contribution is -2.38. The van der Waals surface area contributed by atoms with Gasteiger partial charge in [0.05, 0.1) is 6.10 Å². The molecule has 0 aromatic carbocycles. The summed E-state index contributed by atoms with van der Waals surface area (Å²) in [6, 6.07) is 1.79. The Morgan fingerprint density at radius 3 is 2.65 bits per heavy atom. The number of amides is 1. The van der Waals surface area contributed by atoms with Gasteiger partial charge in [0.25, 0.3) is 5.91 Å². The second-order valence-electron chi connectivity index (χ2n) is 6.77. The van der Waals surface area contributed by atoms with Crippen LogP contribution in [0.1, 0.15) is 49.1 Å². The zero-order valence-electron chi connectivity index (χ0n) is 13.1. The Morgan fingerprint density at radius 2 is 2.10 bits per heavy atom. The molecule has 1 saturated heterocycles. The predicted octanol–water partition coefficient (Wildman–Crippen LogP) is 3.08. The maximum atomic E-state index is 12.1. The fraction of sp³-hybridized carbons (Fsp3) is 0.688. The van der Waals surface area contributed by atoms with Gasteiger partial charge in [-0.05, 0) is 37.3 Å². The lowest BCUT2D eigenvalue weighted by molar-refractivity contribution is 0.00731. The van der Waals surface area contributed by atoms with Gasteiger partial charge in [-0.2, -0.15) is 0 Å². The Kier molecular flexibility index (Phi) is 4.23. The molecule has 1 aromatic rings. The van der Waals surface area contributed by atoms with Crippen molar-refractivity contribution in [2.24, 2.45) is 11.3 Å². The van der Waals surface area contributed by atoms with Gasteiger partial charge < -0.3 is 14.5 Å². The molecular weight excluding hydrogens is 254 g/mol. The Morgan fingerprint density at radius 1 is 1.40 bits per heavy atom. The van der Waals surface area contributed by atoms with Gasteiger partial charge in [-0.3, -0.25) is 4.79 Å². The molecule has 2 heterocycles. The van der Waals surface area contributed by atoms with Gasteiger partial charge in [0, 0.05) is 19.1 Å². The van der Waals surface area contributed by atoms with E-state index in [1.807, 2.05) is 13.8 Å². The van der Waals surface area contributed by atoms with Crippen LogP contribution in [0.2, 0.25) is 0 Å². The van der Waals surface area contributed by atoms with Crippen LogP contribution in [0.5, 0.6) is 0 Å². The maximum absolute atomic E-state index is 12.1. The zero-order chi connectivity index (χ0) is 14.9. The molecule has 1 amide bonds. The summed E-state index contributed by atoms with van der Waals surface area (Å²) >= 11 is 0.